The highest BCUT2D eigenvalue weighted by atomic mass is 32.1. The van der Waals surface area contributed by atoms with Crippen molar-refractivity contribution in [1.82, 2.24) is 14.8 Å². The van der Waals surface area contributed by atoms with Gasteiger partial charge in [0.05, 0.1) is 6.61 Å². The SMILES string of the molecule is CCOC(=O)C(C)n1c(CC)n[nH]c1=S. The lowest BCUT2D eigenvalue weighted by Gasteiger charge is -2.13. The lowest BCUT2D eigenvalue weighted by Crippen LogP contribution is -2.21. The van der Waals surface area contributed by atoms with Gasteiger partial charge in [0.25, 0.3) is 0 Å². The van der Waals surface area contributed by atoms with Crippen LogP contribution in [0.1, 0.15) is 32.6 Å². The van der Waals surface area contributed by atoms with Crippen molar-refractivity contribution in [2.24, 2.45) is 0 Å². The van der Waals surface area contributed by atoms with Crippen LogP contribution in [0.4, 0.5) is 0 Å². The molecule has 1 atom stereocenters. The van der Waals surface area contributed by atoms with Gasteiger partial charge in [0.15, 0.2) is 4.77 Å². The molecule has 0 aliphatic rings. The summed E-state index contributed by atoms with van der Waals surface area (Å²) in [5.74, 6) is 0.477. The third-order valence-corrected chi connectivity index (χ3v) is 2.40. The number of aromatic amines is 1. The minimum Gasteiger partial charge on any atom is -0.464 e. The van der Waals surface area contributed by atoms with E-state index >= 15 is 0 Å². The highest BCUT2D eigenvalue weighted by Crippen LogP contribution is 2.11. The van der Waals surface area contributed by atoms with Gasteiger partial charge in [-0.25, -0.2) is 4.79 Å². The van der Waals surface area contributed by atoms with E-state index in [4.69, 9.17) is 17.0 Å². The molecule has 0 saturated heterocycles. The van der Waals surface area contributed by atoms with E-state index in [1.807, 2.05) is 6.92 Å². The van der Waals surface area contributed by atoms with E-state index in [1.165, 1.54) is 0 Å². The maximum Gasteiger partial charge on any atom is 0.328 e. The highest BCUT2D eigenvalue weighted by molar-refractivity contribution is 7.71. The van der Waals surface area contributed by atoms with Gasteiger partial charge >= 0.3 is 5.97 Å². The lowest BCUT2D eigenvalue weighted by atomic mass is 10.3. The van der Waals surface area contributed by atoms with Crippen LogP contribution < -0.4 is 0 Å². The van der Waals surface area contributed by atoms with Crippen LogP contribution in [0.25, 0.3) is 0 Å². The third-order valence-electron chi connectivity index (χ3n) is 2.11. The van der Waals surface area contributed by atoms with E-state index in [0.29, 0.717) is 11.4 Å². The number of nitrogens with one attached hydrogen (secondary N) is 1. The Morgan fingerprint density at radius 3 is 2.87 bits per heavy atom. The number of H-pyrrole nitrogens is 1. The second kappa shape index (κ2) is 5.06. The predicted molar refractivity (Wildman–Crippen MR) is 58.1 cm³/mol. The van der Waals surface area contributed by atoms with Gasteiger partial charge in [-0.1, -0.05) is 6.92 Å². The quantitative estimate of drug-likeness (QED) is 0.629. The molecular weight excluding hydrogens is 214 g/mol. The Balaban J connectivity index is 2.99. The van der Waals surface area contributed by atoms with Gasteiger partial charge in [0.1, 0.15) is 11.9 Å². The first kappa shape index (κ1) is 11.9. The average molecular weight is 229 g/mol. The molecule has 0 saturated carbocycles. The number of aryl methyl sites for hydroxylation is 1. The van der Waals surface area contributed by atoms with E-state index in [1.54, 1.807) is 18.4 Å². The summed E-state index contributed by atoms with van der Waals surface area (Å²) >= 11 is 5.06. The molecule has 0 radical (unpaired) electrons. The summed E-state index contributed by atoms with van der Waals surface area (Å²) in [6.07, 6.45) is 0.719. The minimum absolute atomic E-state index is 0.287. The molecule has 1 aromatic heterocycles. The van der Waals surface area contributed by atoms with Crippen molar-refractivity contribution in [2.45, 2.75) is 33.2 Å². The van der Waals surface area contributed by atoms with E-state index < -0.39 is 6.04 Å². The molecule has 5 nitrogen and oxygen atoms in total. The first-order valence-corrected chi connectivity index (χ1v) is 5.35. The minimum atomic E-state index is -0.425. The topological polar surface area (TPSA) is 59.9 Å². The smallest absolute Gasteiger partial charge is 0.328 e. The first-order chi connectivity index (χ1) is 7.11. The van der Waals surface area contributed by atoms with Gasteiger partial charge in [-0.15, -0.1) is 0 Å². The molecule has 1 N–H and O–H groups in total. The standard InChI is InChI=1S/C9H15N3O2S/c1-4-7-10-11-9(15)12(7)6(3)8(13)14-5-2/h6H,4-5H2,1-3H3,(H,11,15). The molecule has 0 aliphatic heterocycles. The molecule has 1 aromatic rings. The molecule has 1 heterocycles. The van der Waals surface area contributed by atoms with Crippen LogP contribution in [0.5, 0.6) is 0 Å². The molecule has 6 heteroatoms. The maximum atomic E-state index is 11.5. The summed E-state index contributed by atoms with van der Waals surface area (Å²) in [6.45, 7) is 5.86. The number of rotatable bonds is 4. The van der Waals surface area contributed by atoms with E-state index in [9.17, 15) is 4.79 Å². The van der Waals surface area contributed by atoms with Crippen molar-refractivity contribution in [1.29, 1.82) is 0 Å². The number of esters is 1. The lowest BCUT2D eigenvalue weighted by molar-refractivity contribution is -0.146. The Hall–Kier alpha value is -1.17. The van der Waals surface area contributed by atoms with Crippen molar-refractivity contribution in [2.75, 3.05) is 6.61 Å². The fraction of sp³-hybridized carbons (Fsp3) is 0.667. The first-order valence-electron chi connectivity index (χ1n) is 4.94. The Kier molecular flexibility index (Phi) is 4.02. The van der Waals surface area contributed by atoms with Crippen LogP contribution in [-0.2, 0) is 16.0 Å². The molecular formula is C9H15N3O2S. The zero-order valence-corrected chi connectivity index (χ0v) is 9.93. The van der Waals surface area contributed by atoms with Gasteiger partial charge in [0, 0.05) is 6.42 Å². The molecule has 84 valence electrons. The maximum absolute atomic E-state index is 11.5. The Morgan fingerprint density at radius 1 is 1.67 bits per heavy atom. The number of carbonyl (C=O) groups is 1. The van der Waals surface area contributed by atoms with Crippen LogP contribution in [0.15, 0.2) is 0 Å². The summed E-state index contributed by atoms with van der Waals surface area (Å²) in [4.78, 5) is 11.5. The number of aromatic nitrogens is 3. The van der Waals surface area contributed by atoms with Gasteiger partial charge in [-0.05, 0) is 26.1 Å². The summed E-state index contributed by atoms with van der Waals surface area (Å²) < 4.78 is 7.07. The average Bonchev–Trinajstić information content (AvgIpc) is 2.58. The predicted octanol–water partition coefficient (Wildman–Crippen LogP) is 1.63. The van der Waals surface area contributed by atoms with Crippen LogP contribution in [-0.4, -0.2) is 27.3 Å². The summed E-state index contributed by atoms with van der Waals surface area (Å²) in [6, 6.07) is -0.425. The number of hydrogen-bond donors (Lipinski definition) is 1. The highest BCUT2D eigenvalue weighted by Gasteiger charge is 2.19. The molecule has 0 amide bonds. The van der Waals surface area contributed by atoms with Crippen LogP contribution in [0.3, 0.4) is 0 Å². The zero-order chi connectivity index (χ0) is 11.4. The van der Waals surface area contributed by atoms with Gasteiger partial charge in [-0.2, -0.15) is 5.10 Å². The fourth-order valence-electron chi connectivity index (χ4n) is 1.35. The fourth-order valence-corrected chi connectivity index (χ4v) is 1.66. The third kappa shape index (κ3) is 2.44. The molecule has 1 unspecified atom stereocenters. The molecule has 15 heavy (non-hydrogen) atoms. The van der Waals surface area contributed by atoms with Crippen LogP contribution in [0.2, 0.25) is 0 Å². The normalized spacial score (nSPS) is 12.5. The molecule has 0 bridgehead atoms. The number of nitrogens with zero attached hydrogens (tertiary/aromatic N) is 2. The Labute approximate surface area is 93.4 Å². The van der Waals surface area contributed by atoms with E-state index in [-0.39, 0.29) is 5.97 Å². The number of hydrogen-bond acceptors (Lipinski definition) is 4. The summed E-state index contributed by atoms with van der Waals surface area (Å²) in [7, 11) is 0. The summed E-state index contributed by atoms with van der Waals surface area (Å²) in [5, 5.41) is 6.71. The second-order valence-corrected chi connectivity index (χ2v) is 3.48. The van der Waals surface area contributed by atoms with Crippen molar-refractivity contribution >= 4 is 18.2 Å². The van der Waals surface area contributed by atoms with Crippen LogP contribution in [0, 0.1) is 4.77 Å². The number of carbonyl (C=O) groups excluding carboxylic acids is 1. The van der Waals surface area contributed by atoms with E-state index in [0.717, 1.165) is 12.2 Å². The summed E-state index contributed by atoms with van der Waals surface area (Å²) in [5.41, 5.74) is 0. The molecule has 0 aliphatic carbocycles. The van der Waals surface area contributed by atoms with Gasteiger partial charge < -0.3 is 4.74 Å². The largest absolute Gasteiger partial charge is 0.464 e. The molecule has 0 spiro atoms. The molecule has 0 aromatic carbocycles. The molecule has 0 fully saturated rings. The Bertz CT molecular complexity index is 396. The molecule has 1 rings (SSSR count). The van der Waals surface area contributed by atoms with Crippen LogP contribution >= 0.6 is 12.2 Å². The van der Waals surface area contributed by atoms with E-state index in [2.05, 4.69) is 10.2 Å². The van der Waals surface area contributed by atoms with Crippen molar-refractivity contribution in [3.63, 3.8) is 0 Å². The monoisotopic (exact) mass is 229 g/mol. The van der Waals surface area contributed by atoms with Gasteiger partial charge in [-0.3, -0.25) is 9.67 Å². The van der Waals surface area contributed by atoms with Crippen molar-refractivity contribution in [3.05, 3.63) is 10.6 Å². The number of ether oxygens (including phenoxy) is 1. The van der Waals surface area contributed by atoms with Crippen molar-refractivity contribution < 1.29 is 9.53 Å². The zero-order valence-electron chi connectivity index (χ0n) is 9.11. The second-order valence-electron chi connectivity index (χ2n) is 3.10. The van der Waals surface area contributed by atoms with Crippen molar-refractivity contribution in [3.8, 4) is 0 Å². The van der Waals surface area contributed by atoms with Gasteiger partial charge in [0.2, 0.25) is 0 Å². The Morgan fingerprint density at radius 2 is 2.33 bits per heavy atom.